The number of nitrogens with two attached hydrogens (primary N) is 1. The van der Waals surface area contributed by atoms with Crippen LogP contribution in [0.1, 0.15) is 30.4 Å². The number of rotatable bonds is 6. The number of anilines is 1. The minimum atomic E-state index is 0.776. The molecule has 0 saturated heterocycles. The smallest absolute Gasteiger partial charge is 0.139 e. The van der Waals surface area contributed by atoms with Crippen molar-refractivity contribution in [2.45, 2.75) is 33.1 Å². The first-order chi connectivity index (χ1) is 9.63. The van der Waals surface area contributed by atoms with Crippen LogP contribution in [0.3, 0.4) is 0 Å². The maximum Gasteiger partial charge on any atom is 0.139 e. The molecular weight excluding hydrogens is 248 g/mol. The lowest BCUT2D eigenvalue weighted by Crippen LogP contribution is -2.20. The highest BCUT2D eigenvalue weighted by atomic mass is 15.2. The second kappa shape index (κ2) is 6.66. The van der Waals surface area contributed by atoms with Gasteiger partial charge < -0.3 is 10.6 Å². The van der Waals surface area contributed by atoms with E-state index in [0.29, 0.717) is 0 Å². The maximum absolute atomic E-state index is 5.53. The van der Waals surface area contributed by atoms with Crippen LogP contribution in [0.5, 0.6) is 0 Å². The average molecular weight is 272 g/mol. The molecule has 0 radical (unpaired) electrons. The molecule has 108 valence electrons. The van der Waals surface area contributed by atoms with Gasteiger partial charge in [0.1, 0.15) is 12.1 Å². The molecular formula is C16H24N4. The number of benzene rings is 1. The van der Waals surface area contributed by atoms with Crippen molar-refractivity contribution in [1.82, 2.24) is 9.97 Å². The van der Waals surface area contributed by atoms with E-state index in [-0.39, 0.29) is 0 Å². The molecule has 4 nitrogen and oxygen atoms in total. The predicted octanol–water partition coefficient (Wildman–Crippen LogP) is 2.81. The molecule has 0 atom stereocenters. The van der Waals surface area contributed by atoms with E-state index in [9.17, 15) is 0 Å². The fourth-order valence-corrected chi connectivity index (χ4v) is 2.38. The Morgan fingerprint density at radius 1 is 1.05 bits per heavy atom. The van der Waals surface area contributed by atoms with E-state index in [1.807, 2.05) is 0 Å². The zero-order valence-electron chi connectivity index (χ0n) is 12.7. The summed E-state index contributed by atoms with van der Waals surface area (Å²) in [5, 5.41) is 1.14. The molecule has 0 aliphatic carbocycles. The molecule has 0 aliphatic heterocycles. The minimum absolute atomic E-state index is 0.776. The summed E-state index contributed by atoms with van der Waals surface area (Å²) < 4.78 is 0. The Bertz CT molecular complexity index is 580. The average Bonchev–Trinajstić information content (AvgIpc) is 2.44. The van der Waals surface area contributed by atoms with Crippen LogP contribution in [0.25, 0.3) is 10.9 Å². The maximum atomic E-state index is 5.53. The highest BCUT2D eigenvalue weighted by molar-refractivity contribution is 5.90. The Balaban J connectivity index is 2.22. The van der Waals surface area contributed by atoms with Gasteiger partial charge in [-0.25, -0.2) is 9.97 Å². The standard InChI is InChI=1S/C16H24N4/c1-12-9-14-15(10-13(12)2)18-11-19-16(14)20(3)8-6-4-5-7-17/h9-11H,4-8,17H2,1-3H3. The monoisotopic (exact) mass is 272 g/mol. The molecule has 0 unspecified atom stereocenters. The van der Waals surface area contributed by atoms with Gasteiger partial charge in [-0.2, -0.15) is 0 Å². The molecule has 1 heterocycles. The van der Waals surface area contributed by atoms with E-state index < -0.39 is 0 Å². The van der Waals surface area contributed by atoms with E-state index in [1.165, 1.54) is 17.5 Å². The van der Waals surface area contributed by atoms with Crippen LogP contribution in [-0.4, -0.2) is 30.1 Å². The Labute approximate surface area is 121 Å². The zero-order chi connectivity index (χ0) is 14.5. The summed E-state index contributed by atoms with van der Waals surface area (Å²) in [5.74, 6) is 1.02. The summed E-state index contributed by atoms with van der Waals surface area (Å²) in [6, 6.07) is 4.33. The Morgan fingerprint density at radius 3 is 2.55 bits per heavy atom. The van der Waals surface area contributed by atoms with Gasteiger partial charge in [-0.1, -0.05) is 6.42 Å². The van der Waals surface area contributed by atoms with Gasteiger partial charge in [-0.3, -0.25) is 0 Å². The van der Waals surface area contributed by atoms with Gasteiger partial charge in [0.15, 0.2) is 0 Å². The van der Waals surface area contributed by atoms with Crippen LogP contribution in [0.2, 0.25) is 0 Å². The lowest BCUT2D eigenvalue weighted by Gasteiger charge is -2.20. The molecule has 0 bridgehead atoms. The van der Waals surface area contributed by atoms with Crippen molar-refractivity contribution < 1.29 is 0 Å². The van der Waals surface area contributed by atoms with Crippen LogP contribution in [0.4, 0.5) is 5.82 Å². The van der Waals surface area contributed by atoms with Crippen LogP contribution in [-0.2, 0) is 0 Å². The molecule has 20 heavy (non-hydrogen) atoms. The third-order valence-electron chi connectivity index (χ3n) is 3.79. The topological polar surface area (TPSA) is 55.0 Å². The molecule has 0 amide bonds. The van der Waals surface area contributed by atoms with Crippen molar-refractivity contribution in [2.24, 2.45) is 5.73 Å². The van der Waals surface area contributed by atoms with Crippen molar-refractivity contribution in [3.63, 3.8) is 0 Å². The van der Waals surface area contributed by atoms with Crippen LogP contribution in [0.15, 0.2) is 18.5 Å². The van der Waals surface area contributed by atoms with Gasteiger partial charge in [0.25, 0.3) is 0 Å². The fraction of sp³-hybridized carbons (Fsp3) is 0.500. The SMILES string of the molecule is Cc1cc2ncnc(N(C)CCCCCN)c2cc1C. The molecule has 0 fully saturated rings. The summed E-state index contributed by atoms with van der Waals surface area (Å²) in [6.45, 7) is 6.03. The second-order valence-corrected chi connectivity index (χ2v) is 5.42. The lowest BCUT2D eigenvalue weighted by molar-refractivity contribution is 0.677. The number of aromatic nitrogens is 2. The van der Waals surface area contributed by atoms with E-state index in [1.54, 1.807) is 6.33 Å². The van der Waals surface area contributed by atoms with Gasteiger partial charge in [0.05, 0.1) is 5.52 Å². The molecule has 1 aromatic heterocycles. The molecule has 2 rings (SSSR count). The van der Waals surface area contributed by atoms with Crippen molar-refractivity contribution >= 4 is 16.7 Å². The first-order valence-corrected chi connectivity index (χ1v) is 7.26. The number of hydrogen-bond acceptors (Lipinski definition) is 4. The van der Waals surface area contributed by atoms with Crippen molar-refractivity contribution in [2.75, 3.05) is 25.0 Å². The summed E-state index contributed by atoms with van der Waals surface area (Å²) >= 11 is 0. The molecule has 2 aromatic rings. The van der Waals surface area contributed by atoms with Crippen molar-refractivity contribution in [1.29, 1.82) is 0 Å². The number of hydrogen-bond donors (Lipinski definition) is 1. The Morgan fingerprint density at radius 2 is 1.80 bits per heavy atom. The lowest BCUT2D eigenvalue weighted by atomic mass is 10.1. The third kappa shape index (κ3) is 3.25. The molecule has 0 spiro atoms. The largest absolute Gasteiger partial charge is 0.359 e. The van der Waals surface area contributed by atoms with Crippen LogP contribution in [0, 0.1) is 13.8 Å². The number of fused-ring (bicyclic) bond motifs is 1. The highest BCUT2D eigenvalue weighted by Crippen LogP contribution is 2.25. The second-order valence-electron chi connectivity index (χ2n) is 5.42. The first kappa shape index (κ1) is 14.7. The fourth-order valence-electron chi connectivity index (χ4n) is 2.38. The van der Waals surface area contributed by atoms with Gasteiger partial charge in [-0.05, 0) is 56.5 Å². The summed E-state index contributed by atoms with van der Waals surface area (Å²) in [6.07, 6.45) is 5.06. The van der Waals surface area contributed by atoms with Gasteiger partial charge >= 0.3 is 0 Å². The number of aryl methyl sites for hydroxylation is 2. The summed E-state index contributed by atoms with van der Waals surface area (Å²) in [5.41, 5.74) is 9.10. The third-order valence-corrected chi connectivity index (χ3v) is 3.79. The van der Waals surface area contributed by atoms with E-state index >= 15 is 0 Å². The van der Waals surface area contributed by atoms with Crippen LogP contribution >= 0.6 is 0 Å². The van der Waals surface area contributed by atoms with E-state index in [2.05, 4.69) is 47.9 Å². The Hall–Kier alpha value is -1.68. The normalized spacial score (nSPS) is 11.0. The van der Waals surface area contributed by atoms with Crippen LogP contribution < -0.4 is 10.6 Å². The van der Waals surface area contributed by atoms with Gasteiger partial charge in [0, 0.05) is 19.0 Å². The molecule has 1 aromatic carbocycles. The Kier molecular flexibility index (Phi) is 4.90. The molecule has 0 saturated carbocycles. The summed E-state index contributed by atoms with van der Waals surface area (Å²) in [7, 11) is 2.10. The quantitative estimate of drug-likeness (QED) is 0.822. The number of unbranched alkanes of at least 4 members (excludes halogenated alkanes) is 2. The van der Waals surface area contributed by atoms with Gasteiger partial charge in [0.2, 0.25) is 0 Å². The van der Waals surface area contributed by atoms with E-state index in [0.717, 1.165) is 42.7 Å². The first-order valence-electron chi connectivity index (χ1n) is 7.26. The highest BCUT2D eigenvalue weighted by Gasteiger charge is 2.09. The molecule has 0 aliphatic rings. The van der Waals surface area contributed by atoms with Crippen molar-refractivity contribution in [3.05, 3.63) is 29.6 Å². The minimum Gasteiger partial charge on any atom is -0.359 e. The molecule has 4 heteroatoms. The van der Waals surface area contributed by atoms with E-state index in [4.69, 9.17) is 5.73 Å². The zero-order valence-corrected chi connectivity index (χ0v) is 12.7. The number of nitrogens with zero attached hydrogens (tertiary/aromatic N) is 3. The van der Waals surface area contributed by atoms with Crippen molar-refractivity contribution in [3.8, 4) is 0 Å². The predicted molar refractivity (Wildman–Crippen MR) is 85.2 cm³/mol. The molecule has 2 N–H and O–H groups in total. The summed E-state index contributed by atoms with van der Waals surface area (Å²) in [4.78, 5) is 11.1. The van der Waals surface area contributed by atoms with Gasteiger partial charge in [-0.15, -0.1) is 0 Å².